The second-order valence-electron chi connectivity index (χ2n) is 4.43. The van der Waals surface area contributed by atoms with Crippen LogP contribution in [0.4, 0.5) is 13.2 Å². The zero-order chi connectivity index (χ0) is 15.8. The van der Waals surface area contributed by atoms with Gasteiger partial charge in [-0.2, -0.15) is 13.2 Å². The summed E-state index contributed by atoms with van der Waals surface area (Å²) in [5.41, 5.74) is -1.16. The third-order valence-corrected chi connectivity index (χ3v) is 3.51. The predicted octanol–water partition coefficient (Wildman–Crippen LogP) is 3.04. The van der Waals surface area contributed by atoms with E-state index in [2.05, 4.69) is 14.9 Å². The Labute approximate surface area is 122 Å². The van der Waals surface area contributed by atoms with Crippen LogP contribution in [0.25, 0.3) is 5.65 Å². The van der Waals surface area contributed by atoms with Gasteiger partial charge in [0.15, 0.2) is 10.8 Å². The quantitative estimate of drug-likeness (QED) is 0.643. The molecule has 0 N–H and O–H groups in total. The second-order valence-corrected chi connectivity index (χ2v) is 5.97. The first-order valence-corrected chi connectivity index (χ1v) is 6.84. The van der Waals surface area contributed by atoms with E-state index in [0.717, 1.165) is 35.4 Å². The predicted molar refractivity (Wildman–Crippen MR) is 70.3 cm³/mol. The van der Waals surface area contributed by atoms with Crippen molar-refractivity contribution in [3.05, 3.63) is 23.4 Å². The Bertz CT molecular complexity index is 682. The Morgan fingerprint density at radius 3 is 2.52 bits per heavy atom. The molecule has 2 aromatic rings. The number of ether oxygens (including phenoxy) is 1. The van der Waals surface area contributed by atoms with Gasteiger partial charge in [-0.3, -0.25) is 4.40 Å². The van der Waals surface area contributed by atoms with Crippen molar-refractivity contribution in [2.24, 2.45) is 0 Å². The minimum Gasteiger partial charge on any atom is -0.465 e. The molecule has 0 bridgehead atoms. The van der Waals surface area contributed by atoms with E-state index in [0.29, 0.717) is 0 Å². The number of halogens is 3. The van der Waals surface area contributed by atoms with Gasteiger partial charge in [0, 0.05) is 5.25 Å². The molecule has 2 rings (SSSR count). The summed E-state index contributed by atoms with van der Waals surface area (Å²) in [6.45, 7) is 3.65. The number of thioether (sulfide) groups is 1. The van der Waals surface area contributed by atoms with Crippen LogP contribution in [0, 0.1) is 0 Å². The Hall–Kier alpha value is -1.77. The summed E-state index contributed by atoms with van der Waals surface area (Å²) in [5, 5.41) is 7.56. The molecule has 2 heterocycles. The largest absolute Gasteiger partial charge is 0.465 e. The lowest BCUT2D eigenvalue weighted by Crippen LogP contribution is -2.15. The zero-order valence-electron chi connectivity index (χ0n) is 11.4. The fourth-order valence-electron chi connectivity index (χ4n) is 1.75. The number of pyridine rings is 1. The number of rotatable bonds is 3. The minimum atomic E-state index is -4.58. The highest BCUT2D eigenvalue weighted by Gasteiger charge is 2.36. The first kappa shape index (κ1) is 15.6. The number of esters is 1. The van der Waals surface area contributed by atoms with E-state index in [-0.39, 0.29) is 21.6 Å². The maximum absolute atomic E-state index is 13.1. The summed E-state index contributed by atoms with van der Waals surface area (Å²) in [7, 11) is 1.15. The molecule has 0 saturated heterocycles. The summed E-state index contributed by atoms with van der Waals surface area (Å²) in [4.78, 5) is 11.6. The molecule has 0 saturated carbocycles. The van der Waals surface area contributed by atoms with Crippen molar-refractivity contribution in [3.8, 4) is 0 Å². The molecule has 114 valence electrons. The van der Waals surface area contributed by atoms with Crippen LogP contribution >= 0.6 is 11.8 Å². The molecule has 0 aliphatic rings. The maximum Gasteiger partial charge on any atom is 0.431 e. The molecule has 0 spiro atoms. The number of carbonyl (C=O) groups excluding carboxylic acids is 1. The van der Waals surface area contributed by atoms with Gasteiger partial charge < -0.3 is 4.74 Å². The van der Waals surface area contributed by atoms with E-state index < -0.39 is 17.8 Å². The Morgan fingerprint density at radius 1 is 1.33 bits per heavy atom. The van der Waals surface area contributed by atoms with E-state index in [1.807, 2.05) is 13.8 Å². The normalized spacial score (nSPS) is 12.1. The minimum absolute atomic E-state index is 0.0141. The van der Waals surface area contributed by atoms with Crippen LogP contribution in [0.3, 0.4) is 0 Å². The first-order valence-electron chi connectivity index (χ1n) is 5.96. The Balaban J connectivity index is 2.75. The number of hydrogen-bond acceptors (Lipinski definition) is 5. The lowest BCUT2D eigenvalue weighted by atomic mass is 10.2. The molecule has 0 unspecified atom stereocenters. The van der Waals surface area contributed by atoms with E-state index in [9.17, 15) is 18.0 Å². The smallest absolute Gasteiger partial charge is 0.431 e. The van der Waals surface area contributed by atoms with E-state index in [1.54, 1.807) is 0 Å². The zero-order valence-corrected chi connectivity index (χ0v) is 12.2. The van der Waals surface area contributed by atoms with Crippen LogP contribution in [-0.4, -0.2) is 32.9 Å². The topological polar surface area (TPSA) is 56.5 Å². The lowest BCUT2D eigenvalue weighted by molar-refractivity contribution is -0.142. The van der Waals surface area contributed by atoms with Gasteiger partial charge in [0.2, 0.25) is 0 Å². The average Bonchev–Trinajstić information content (AvgIpc) is 2.79. The number of fused-ring (bicyclic) bond motifs is 1. The van der Waals surface area contributed by atoms with Crippen LogP contribution in [0.2, 0.25) is 0 Å². The van der Waals surface area contributed by atoms with Gasteiger partial charge in [-0.25, -0.2) is 4.79 Å². The molecule has 5 nitrogen and oxygen atoms in total. The molecule has 0 atom stereocenters. The van der Waals surface area contributed by atoms with Gasteiger partial charge in [-0.05, 0) is 12.1 Å². The summed E-state index contributed by atoms with van der Waals surface area (Å²) in [5.74, 6) is -0.762. The molecule has 0 radical (unpaired) electrons. The van der Waals surface area contributed by atoms with E-state index >= 15 is 0 Å². The van der Waals surface area contributed by atoms with Crippen LogP contribution in [0.15, 0.2) is 17.3 Å². The highest BCUT2D eigenvalue weighted by Crippen LogP contribution is 2.33. The molecule has 0 amide bonds. The number of alkyl halides is 3. The number of nitrogens with zero attached hydrogens (tertiary/aromatic N) is 3. The van der Waals surface area contributed by atoms with Crippen molar-refractivity contribution in [1.29, 1.82) is 0 Å². The van der Waals surface area contributed by atoms with Crippen molar-refractivity contribution in [2.75, 3.05) is 7.11 Å². The highest BCUT2D eigenvalue weighted by atomic mass is 32.2. The van der Waals surface area contributed by atoms with Gasteiger partial charge in [-0.1, -0.05) is 25.6 Å². The number of aromatic nitrogens is 3. The summed E-state index contributed by atoms with van der Waals surface area (Å²) in [6, 6.07) is 1.87. The summed E-state index contributed by atoms with van der Waals surface area (Å²) < 4.78 is 44.8. The van der Waals surface area contributed by atoms with Gasteiger partial charge in [0.05, 0.1) is 7.11 Å². The molecule has 2 aromatic heterocycles. The van der Waals surface area contributed by atoms with Crippen molar-refractivity contribution in [3.63, 3.8) is 0 Å². The van der Waals surface area contributed by atoms with Gasteiger partial charge in [-0.15, -0.1) is 10.2 Å². The van der Waals surface area contributed by atoms with Gasteiger partial charge in [0.1, 0.15) is 11.3 Å². The number of carbonyl (C=O) groups is 1. The molecular weight excluding hydrogens is 307 g/mol. The van der Waals surface area contributed by atoms with Crippen LogP contribution < -0.4 is 0 Å². The van der Waals surface area contributed by atoms with E-state index in [4.69, 9.17) is 0 Å². The molecule has 0 aliphatic heterocycles. The lowest BCUT2D eigenvalue weighted by Gasteiger charge is -2.12. The van der Waals surface area contributed by atoms with Crippen molar-refractivity contribution in [1.82, 2.24) is 14.6 Å². The van der Waals surface area contributed by atoms with Crippen LogP contribution in [0.5, 0.6) is 0 Å². The fourth-order valence-corrected chi connectivity index (χ4v) is 2.55. The van der Waals surface area contributed by atoms with Crippen LogP contribution in [0.1, 0.15) is 29.9 Å². The standard InChI is InChI=1S/C12H12F3N3O2S/c1-6(2)21-11-17-16-9-7(10(19)20-3)4-5-8(18(9)11)12(13,14)15/h4-6H,1-3H3. The number of hydrogen-bond donors (Lipinski definition) is 0. The van der Waals surface area contributed by atoms with E-state index in [1.165, 1.54) is 0 Å². The maximum atomic E-state index is 13.1. The second kappa shape index (κ2) is 5.55. The highest BCUT2D eigenvalue weighted by molar-refractivity contribution is 7.99. The molecule has 0 aromatic carbocycles. The van der Waals surface area contributed by atoms with Crippen molar-refractivity contribution in [2.45, 2.75) is 30.4 Å². The molecule has 0 aliphatic carbocycles. The Morgan fingerprint density at radius 2 is 2.00 bits per heavy atom. The molecular formula is C12H12F3N3O2S. The van der Waals surface area contributed by atoms with Gasteiger partial charge in [0.25, 0.3) is 0 Å². The first-order chi connectivity index (χ1) is 9.75. The third kappa shape index (κ3) is 2.97. The van der Waals surface area contributed by atoms with Crippen molar-refractivity contribution < 1.29 is 22.7 Å². The fraction of sp³-hybridized carbons (Fsp3) is 0.417. The van der Waals surface area contributed by atoms with Crippen molar-refractivity contribution >= 4 is 23.4 Å². The summed E-state index contributed by atoms with van der Waals surface area (Å²) >= 11 is 1.13. The summed E-state index contributed by atoms with van der Waals surface area (Å²) in [6.07, 6.45) is -4.58. The monoisotopic (exact) mass is 319 g/mol. The Kier molecular flexibility index (Phi) is 4.13. The SMILES string of the molecule is COC(=O)c1ccc(C(F)(F)F)n2c(SC(C)C)nnc12. The third-order valence-electron chi connectivity index (χ3n) is 2.56. The average molecular weight is 319 g/mol. The molecule has 0 fully saturated rings. The van der Waals surface area contributed by atoms with Crippen LogP contribution in [-0.2, 0) is 10.9 Å². The molecule has 21 heavy (non-hydrogen) atoms. The van der Waals surface area contributed by atoms with Gasteiger partial charge >= 0.3 is 12.1 Å². The molecule has 9 heteroatoms. The number of methoxy groups -OCH3 is 1.